The lowest BCUT2D eigenvalue weighted by molar-refractivity contribution is 0.341. The lowest BCUT2D eigenvalue weighted by atomic mass is 9.84. The second-order valence-corrected chi connectivity index (χ2v) is 5.92. The van der Waals surface area contributed by atoms with Crippen LogP contribution in [0.1, 0.15) is 37.7 Å². The van der Waals surface area contributed by atoms with Crippen LogP contribution in [0.5, 0.6) is 0 Å². The van der Waals surface area contributed by atoms with Gasteiger partial charge in [0.2, 0.25) is 0 Å². The van der Waals surface area contributed by atoms with Gasteiger partial charge in [0, 0.05) is 0 Å². The molecule has 0 bridgehead atoms. The van der Waals surface area contributed by atoms with E-state index in [0.717, 1.165) is 5.92 Å². The van der Waals surface area contributed by atoms with Crippen LogP contribution < -0.4 is 5.32 Å². The summed E-state index contributed by atoms with van der Waals surface area (Å²) in [6, 6.07) is 15.5. The number of fused-ring (bicyclic) bond motifs is 1. The molecule has 0 saturated carbocycles. The second kappa shape index (κ2) is 5.75. The maximum Gasteiger partial charge on any atom is -0.00203 e. The molecule has 0 aliphatic carbocycles. The molecule has 3 rings (SSSR count). The number of rotatable bonds is 3. The molecule has 1 aliphatic rings. The van der Waals surface area contributed by atoms with Crippen LogP contribution in [0.25, 0.3) is 10.8 Å². The van der Waals surface area contributed by atoms with Crippen molar-refractivity contribution in [1.82, 2.24) is 5.32 Å². The maximum absolute atomic E-state index is 3.53. The van der Waals surface area contributed by atoms with Gasteiger partial charge >= 0.3 is 0 Å². The molecule has 1 saturated heterocycles. The third-order valence-corrected chi connectivity index (χ3v) is 4.44. The highest BCUT2D eigenvalue weighted by atomic mass is 14.9. The Balaban J connectivity index is 1.82. The number of piperidine rings is 1. The van der Waals surface area contributed by atoms with Gasteiger partial charge in [-0.1, -0.05) is 49.4 Å². The van der Waals surface area contributed by atoms with Crippen LogP contribution in [0.15, 0.2) is 42.5 Å². The summed E-state index contributed by atoms with van der Waals surface area (Å²) in [4.78, 5) is 0. The molecule has 2 aromatic rings. The van der Waals surface area contributed by atoms with Crippen molar-refractivity contribution in [3.8, 4) is 0 Å². The smallest absolute Gasteiger partial charge is 0.00203 e. The first-order valence-electron chi connectivity index (χ1n) is 7.53. The lowest BCUT2D eigenvalue weighted by Crippen LogP contribution is -2.30. The summed E-state index contributed by atoms with van der Waals surface area (Å²) in [5, 5.41) is 6.33. The minimum atomic E-state index is 0.649. The third-order valence-electron chi connectivity index (χ3n) is 4.44. The van der Waals surface area contributed by atoms with Gasteiger partial charge in [-0.2, -0.15) is 0 Å². The highest BCUT2D eigenvalue weighted by Gasteiger charge is 2.18. The topological polar surface area (TPSA) is 12.0 Å². The number of nitrogens with one attached hydrogen (secondary N) is 1. The second-order valence-electron chi connectivity index (χ2n) is 5.92. The minimum Gasteiger partial charge on any atom is -0.316 e. The molecule has 0 unspecified atom stereocenters. The van der Waals surface area contributed by atoms with E-state index in [1.165, 1.54) is 48.7 Å². The molecular weight excluding hydrogens is 230 g/mol. The van der Waals surface area contributed by atoms with Crippen LogP contribution in [0.4, 0.5) is 0 Å². The first-order chi connectivity index (χ1) is 9.34. The van der Waals surface area contributed by atoms with Gasteiger partial charge in [-0.05, 0) is 60.5 Å². The molecule has 1 nitrogen and oxygen atoms in total. The van der Waals surface area contributed by atoms with Crippen molar-refractivity contribution in [2.45, 2.75) is 32.1 Å². The fourth-order valence-electron chi connectivity index (χ4n) is 3.43. The molecule has 2 atom stereocenters. The van der Waals surface area contributed by atoms with Crippen molar-refractivity contribution in [2.75, 3.05) is 13.1 Å². The predicted octanol–water partition coefficient (Wildman–Crippen LogP) is 4.33. The van der Waals surface area contributed by atoms with Gasteiger partial charge in [-0.3, -0.25) is 0 Å². The Morgan fingerprint density at radius 2 is 2.00 bits per heavy atom. The summed E-state index contributed by atoms with van der Waals surface area (Å²) in [6.45, 7) is 4.80. The Labute approximate surface area is 116 Å². The third kappa shape index (κ3) is 2.82. The molecule has 0 spiro atoms. The highest BCUT2D eigenvalue weighted by molar-refractivity contribution is 5.86. The Morgan fingerprint density at radius 1 is 1.16 bits per heavy atom. The molecule has 2 aromatic carbocycles. The zero-order valence-electron chi connectivity index (χ0n) is 11.7. The number of hydrogen-bond donors (Lipinski definition) is 1. The van der Waals surface area contributed by atoms with E-state index in [2.05, 4.69) is 54.7 Å². The molecule has 1 fully saturated rings. The van der Waals surface area contributed by atoms with Crippen LogP contribution in [-0.2, 0) is 0 Å². The fraction of sp³-hybridized carbons (Fsp3) is 0.444. The van der Waals surface area contributed by atoms with Gasteiger partial charge in [0.25, 0.3) is 0 Å². The standard InChI is InChI=1S/C18H23N/c1-14(12-15-6-5-11-19-13-15)17-10-4-8-16-7-2-3-9-18(16)17/h2-4,7-10,14-15,19H,5-6,11-13H2,1H3/t14-,15+/m0/s1. The Kier molecular flexibility index (Phi) is 3.84. The number of hydrogen-bond acceptors (Lipinski definition) is 1. The van der Waals surface area contributed by atoms with Gasteiger partial charge in [-0.15, -0.1) is 0 Å². The molecule has 1 heteroatoms. The normalized spacial score (nSPS) is 21.4. The van der Waals surface area contributed by atoms with E-state index in [9.17, 15) is 0 Å². The van der Waals surface area contributed by atoms with Crippen molar-refractivity contribution in [2.24, 2.45) is 5.92 Å². The maximum atomic E-state index is 3.53. The molecule has 0 radical (unpaired) electrons. The molecule has 100 valence electrons. The van der Waals surface area contributed by atoms with Gasteiger partial charge in [-0.25, -0.2) is 0 Å². The zero-order chi connectivity index (χ0) is 13.1. The van der Waals surface area contributed by atoms with E-state index in [1.54, 1.807) is 0 Å². The predicted molar refractivity (Wildman–Crippen MR) is 82.6 cm³/mol. The Bertz CT molecular complexity index is 535. The zero-order valence-corrected chi connectivity index (χ0v) is 11.7. The van der Waals surface area contributed by atoms with Crippen LogP contribution >= 0.6 is 0 Å². The SMILES string of the molecule is C[C@@H](C[C@H]1CCCNC1)c1cccc2ccccc12. The minimum absolute atomic E-state index is 0.649. The molecule has 1 heterocycles. The van der Waals surface area contributed by atoms with Gasteiger partial charge in [0.05, 0.1) is 0 Å². The van der Waals surface area contributed by atoms with Crippen molar-refractivity contribution < 1.29 is 0 Å². The largest absolute Gasteiger partial charge is 0.316 e. The molecule has 1 aliphatic heterocycles. The first-order valence-corrected chi connectivity index (χ1v) is 7.53. The van der Waals surface area contributed by atoms with Crippen molar-refractivity contribution in [1.29, 1.82) is 0 Å². The summed E-state index contributed by atoms with van der Waals surface area (Å²) in [7, 11) is 0. The van der Waals surface area contributed by atoms with E-state index < -0.39 is 0 Å². The summed E-state index contributed by atoms with van der Waals surface area (Å²) >= 11 is 0. The van der Waals surface area contributed by atoms with Crippen LogP contribution in [-0.4, -0.2) is 13.1 Å². The average molecular weight is 253 g/mol. The highest BCUT2D eigenvalue weighted by Crippen LogP contribution is 2.31. The van der Waals surface area contributed by atoms with Gasteiger partial charge in [0.1, 0.15) is 0 Å². The van der Waals surface area contributed by atoms with E-state index in [4.69, 9.17) is 0 Å². The average Bonchev–Trinajstić information content (AvgIpc) is 2.47. The van der Waals surface area contributed by atoms with Gasteiger partial charge in [0.15, 0.2) is 0 Å². The van der Waals surface area contributed by atoms with E-state index in [1.807, 2.05) is 0 Å². The summed E-state index contributed by atoms with van der Waals surface area (Å²) in [5.74, 6) is 1.50. The Hall–Kier alpha value is -1.34. The van der Waals surface area contributed by atoms with Gasteiger partial charge < -0.3 is 5.32 Å². The quantitative estimate of drug-likeness (QED) is 0.858. The van der Waals surface area contributed by atoms with Crippen LogP contribution in [0.3, 0.4) is 0 Å². The van der Waals surface area contributed by atoms with Crippen LogP contribution in [0.2, 0.25) is 0 Å². The van der Waals surface area contributed by atoms with E-state index >= 15 is 0 Å². The van der Waals surface area contributed by atoms with Crippen molar-refractivity contribution in [3.05, 3.63) is 48.0 Å². The summed E-state index contributed by atoms with van der Waals surface area (Å²) < 4.78 is 0. The first kappa shape index (κ1) is 12.7. The number of benzene rings is 2. The van der Waals surface area contributed by atoms with E-state index in [0.29, 0.717) is 5.92 Å². The molecular formula is C18H23N. The lowest BCUT2D eigenvalue weighted by Gasteiger charge is -2.26. The molecule has 0 aromatic heterocycles. The molecule has 19 heavy (non-hydrogen) atoms. The molecule has 0 amide bonds. The van der Waals surface area contributed by atoms with E-state index in [-0.39, 0.29) is 0 Å². The summed E-state index contributed by atoms with van der Waals surface area (Å²) in [5.41, 5.74) is 1.52. The monoisotopic (exact) mass is 253 g/mol. The van der Waals surface area contributed by atoms with Crippen LogP contribution in [0, 0.1) is 5.92 Å². The fourth-order valence-corrected chi connectivity index (χ4v) is 3.43. The van der Waals surface area contributed by atoms with Crippen molar-refractivity contribution >= 4 is 10.8 Å². The summed E-state index contributed by atoms with van der Waals surface area (Å²) in [6.07, 6.45) is 4.04. The molecule has 1 N–H and O–H groups in total. The van der Waals surface area contributed by atoms with Crippen molar-refractivity contribution in [3.63, 3.8) is 0 Å². The Morgan fingerprint density at radius 3 is 2.84 bits per heavy atom.